The Bertz CT molecular complexity index is 324. The quantitative estimate of drug-likeness (QED) is 0.821. The molecule has 0 spiro atoms. The van der Waals surface area contributed by atoms with Crippen LogP contribution in [0.5, 0.6) is 0 Å². The molecule has 0 aliphatic carbocycles. The van der Waals surface area contributed by atoms with Gasteiger partial charge in [-0.05, 0) is 25.1 Å². The molecule has 0 heterocycles. The van der Waals surface area contributed by atoms with Gasteiger partial charge in [0.25, 0.3) is 0 Å². The highest BCUT2D eigenvalue weighted by Gasteiger charge is 2.01. The minimum atomic E-state index is -0.255. The topological polar surface area (TPSA) is 35.8 Å². The van der Waals surface area contributed by atoms with Crippen molar-refractivity contribution in [2.75, 3.05) is 5.32 Å². The van der Waals surface area contributed by atoms with Gasteiger partial charge >= 0.3 is 0 Å². The largest absolute Gasteiger partial charge is 0.370 e. The fourth-order valence-electron chi connectivity index (χ4n) is 0.919. The van der Waals surface area contributed by atoms with Crippen molar-refractivity contribution >= 4 is 28.9 Å². The molecule has 0 radical (unpaired) electrons. The minimum absolute atomic E-state index is 0.255. The average Bonchev–Trinajstić information content (AvgIpc) is 2.02. The second-order valence-electron chi connectivity index (χ2n) is 2.65. The Morgan fingerprint density at radius 1 is 1.31 bits per heavy atom. The highest BCUT2D eigenvalue weighted by molar-refractivity contribution is 6.35. The van der Waals surface area contributed by atoms with Crippen LogP contribution in [0.1, 0.15) is 6.92 Å². The first-order chi connectivity index (χ1) is 6.11. The molecule has 1 aromatic carbocycles. The van der Waals surface area contributed by atoms with Gasteiger partial charge < -0.3 is 5.32 Å². The van der Waals surface area contributed by atoms with Crippen LogP contribution < -0.4 is 5.32 Å². The van der Waals surface area contributed by atoms with E-state index in [4.69, 9.17) is 28.5 Å². The highest BCUT2D eigenvalue weighted by atomic mass is 35.5. The molecular formula is C9H8Cl2N2. The molecule has 0 amide bonds. The summed E-state index contributed by atoms with van der Waals surface area (Å²) in [6.07, 6.45) is 0. The van der Waals surface area contributed by atoms with Crippen molar-refractivity contribution in [1.29, 1.82) is 5.26 Å². The zero-order valence-electron chi connectivity index (χ0n) is 7.01. The molecule has 0 aliphatic rings. The van der Waals surface area contributed by atoms with Gasteiger partial charge in [-0.15, -0.1) is 0 Å². The molecule has 1 atom stereocenters. The first-order valence-electron chi connectivity index (χ1n) is 3.74. The van der Waals surface area contributed by atoms with Crippen molar-refractivity contribution in [3.8, 4) is 6.07 Å². The van der Waals surface area contributed by atoms with Gasteiger partial charge in [-0.1, -0.05) is 23.2 Å². The first kappa shape index (κ1) is 10.2. The Kier molecular flexibility index (Phi) is 3.41. The Morgan fingerprint density at radius 2 is 1.85 bits per heavy atom. The molecule has 68 valence electrons. The van der Waals surface area contributed by atoms with Crippen molar-refractivity contribution in [3.05, 3.63) is 28.2 Å². The van der Waals surface area contributed by atoms with Crippen molar-refractivity contribution in [1.82, 2.24) is 0 Å². The molecule has 1 aromatic rings. The van der Waals surface area contributed by atoms with Crippen LogP contribution >= 0.6 is 23.2 Å². The molecule has 1 unspecified atom stereocenters. The fourth-order valence-corrected chi connectivity index (χ4v) is 1.45. The summed E-state index contributed by atoms with van der Waals surface area (Å²) in [7, 11) is 0. The van der Waals surface area contributed by atoms with Gasteiger partial charge in [0.2, 0.25) is 0 Å². The van der Waals surface area contributed by atoms with Crippen LogP contribution in [0, 0.1) is 11.3 Å². The zero-order chi connectivity index (χ0) is 9.84. The van der Waals surface area contributed by atoms with E-state index in [2.05, 4.69) is 11.4 Å². The van der Waals surface area contributed by atoms with Crippen LogP contribution in [0.25, 0.3) is 0 Å². The number of nitrogens with one attached hydrogen (secondary N) is 1. The lowest BCUT2D eigenvalue weighted by atomic mass is 10.3. The SMILES string of the molecule is CC(C#N)Nc1cc(Cl)cc(Cl)c1. The predicted molar refractivity (Wildman–Crippen MR) is 55.2 cm³/mol. The van der Waals surface area contributed by atoms with E-state index in [1.807, 2.05) is 0 Å². The first-order valence-corrected chi connectivity index (χ1v) is 4.49. The van der Waals surface area contributed by atoms with Crippen molar-refractivity contribution in [3.63, 3.8) is 0 Å². The molecule has 0 bridgehead atoms. The molecule has 0 aromatic heterocycles. The summed E-state index contributed by atoms with van der Waals surface area (Å²) in [5, 5.41) is 12.6. The monoisotopic (exact) mass is 214 g/mol. The van der Waals surface area contributed by atoms with Crippen LogP contribution in [0.4, 0.5) is 5.69 Å². The van der Waals surface area contributed by atoms with Crippen molar-refractivity contribution in [2.24, 2.45) is 0 Å². The lowest BCUT2D eigenvalue weighted by Gasteiger charge is -2.08. The molecule has 0 fully saturated rings. The second kappa shape index (κ2) is 4.36. The van der Waals surface area contributed by atoms with E-state index in [9.17, 15) is 0 Å². The third-order valence-electron chi connectivity index (χ3n) is 1.44. The molecule has 4 heteroatoms. The average molecular weight is 215 g/mol. The molecular weight excluding hydrogens is 207 g/mol. The predicted octanol–water partition coefficient (Wildman–Crippen LogP) is 3.32. The van der Waals surface area contributed by atoms with E-state index in [-0.39, 0.29) is 6.04 Å². The van der Waals surface area contributed by atoms with Gasteiger partial charge in [0.15, 0.2) is 0 Å². The lowest BCUT2D eigenvalue weighted by Crippen LogP contribution is -2.11. The van der Waals surface area contributed by atoms with Gasteiger partial charge in [0, 0.05) is 15.7 Å². The zero-order valence-corrected chi connectivity index (χ0v) is 8.52. The van der Waals surface area contributed by atoms with E-state index in [1.54, 1.807) is 25.1 Å². The van der Waals surface area contributed by atoms with Crippen LogP contribution in [-0.2, 0) is 0 Å². The van der Waals surface area contributed by atoms with Crippen molar-refractivity contribution < 1.29 is 0 Å². The van der Waals surface area contributed by atoms with Crippen LogP contribution in [0.3, 0.4) is 0 Å². The van der Waals surface area contributed by atoms with E-state index in [0.717, 1.165) is 5.69 Å². The van der Waals surface area contributed by atoms with Gasteiger partial charge in [-0.2, -0.15) is 5.26 Å². The third kappa shape index (κ3) is 3.14. The second-order valence-corrected chi connectivity index (χ2v) is 3.53. The van der Waals surface area contributed by atoms with Gasteiger partial charge in [-0.3, -0.25) is 0 Å². The number of halogens is 2. The summed E-state index contributed by atoms with van der Waals surface area (Å²) in [5.41, 5.74) is 0.756. The maximum Gasteiger partial charge on any atom is 0.111 e. The Labute approximate surface area is 87.1 Å². The number of rotatable bonds is 2. The van der Waals surface area contributed by atoms with Gasteiger partial charge in [0.1, 0.15) is 6.04 Å². The van der Waals surface area contributed by atoms with Gasteiger partial charge in [-0.25, -0.2) is 0 Å². The molecule has 0 saturated heterocycles. The smallest absolute Gasteiger partial charge is 0.111 e. The van der Waals surface area contributed by atoms with E-state index in [0.29, 0.717) is 10.0 Å². The normalized spacial score (nSPS) is 11.8. The van der Waals surface area contributed by atoms with Crippen LogP contribution in [0.2, 0.25) is 10.0 Å². The van der Waals surface area contributed by atoms with Gasteiger partial charge in [0.05, 0.1) is 6.07 Å². The molecule has 0 saturated carbocycles. The molecule has 2 nitrogen and oxygen atoms in total. The fraction of sp³-hybridized carbons (Fsp3) is 0.222. The maximum atomic E-state index is 8.56. The molecule has 1 rings (SSSR count). The number of nitrogens with zero attached hydrogens (tertiary/aromatic N) is 1. The number of nitriles is 1. The molecule has 1 N–H and O–H groups in total. The van der Waals surface area contributed by atoms with Crippen LogP contribution in [-0.4, -0.2) is 6.04 Å². The number of anilines is 1. The molecule has 13 heavy (non-hydrogen) atoms. The summed E-state index contributed by atoms with van der Waals surface area (Å²) in [6.45, 7) is 1.76. The Balaban J connectivity index is 2.84. The maximum absolute atomic E-state index is 8.56. The molecule has 0 aliphatic heterocycles. The van der Waals surface area contributed by atoms with E-state index >= 15 is 0 Å². The summed E-state index contributed by atoms with van der Waals surface area (Å²) in [5.74, 6) is 0. The van der Waals surface area contributed by atoms with Crippen LogP contribution in [0.15, 0.2) is 18.2 Å². The van der Waals surface area contributed by atoms with E-state index in [1.165, 1.54) is 0 Å². The summed E-state index contributed by atoms with van der Waals surface area (Å²) < 4.78 is 0. The number of hydrogen-bond acceptors (Lipinski definition) is 2. The minimum Gasteiger partial charge on any atom is -0.370 e. The standard InChI is InChI=1S/C9H8Cl2N2/c1-6(5-12)13-9-3-7(10)2-8(11)4-9/h2-4,6,13H,1H3. The van der Waals surface area contributed by atoms with Crippen molar-refractivity contribution in [2.45, 2.75) is 13.0 Å². The Hall–Kier alpha value is -0.910. The lowest BCUT2D eigenvalue weighted by molar-refractivity contribution is 1.01. The third-order valence-corrected chi connectivity index (χ3v) is 1.88. The number of benzene rings is 1. The summed E-state index contributed by atoms with van der Waals surface area (Å²) >= 11 is 11.5. The Morgan fingerprint density at radius 3 is 2.31 bits per heavy atom. The summed E-state index contributed by atoms with van der Waals surface area (Å²) in [6, 6.07) is 6.89. The number of hydrogen-bond donors (Lipinski definition) is 1. The highest BCUT2D eigenvalue weighted by Crippen LogP contribution is 2.22. The van der Waals surface area contributed by atoms with E-state index < -0.39 is 0 Å². The summed E-state index contributed by atoms with van der Waals surface area (Å²) in [4.78, 5) is 0.